The Hall–Kier alpha value is -2.34. The summed E-state index contributed by atoms with van der Waals surface area (Å²) in [7, 11) is 0. The smallest absolute Gasteiger partial charge is 0.335 e. The van der Waals surface area contributed by atoms with Crippen molar-refractivity contribution >= 4 is 45.2 Å². The van der Waals surface area contributed by atoms with Crippen molar-refractivity contribution in [3.8, 4) is 0 Å². The fourth-order valence-electron chi connectivity index (χ4n) is 6.26. The molecule has 0 saturated heterocycles. The summed E-state index contributed by atoms with van der Waals surface area (Å²) in [6.45, 7) is 1.60. The molecule has 2 fully saturated rings. The molecule has 4 nitrogen and oxygen atoms in total. The summed E-state index contributed by atoms with van der Waals surface area (Å²) in [4.78, 5) is 8.98. The summed E-state index contributed by atoms with van der Waals surface area (Å²) >= 11 is 3.55. The van der Waals surface area contributed by atoms with Crippen LogP contribution in [-0.2, 0) is 12.4 Å². The molecule has 2 aliphatic heterocycles. The highest BCUT2D eigenvalue weighted by Crippen LogP contribution is 2.46. The van der Waals surface area contributed by atoms with Crippen LogP contribution in [0.5, 0.6) is 0 Å². The van der Waals surface area contributed by atoms with Crippen molar-refractivity contribution in [3.63, 3.8) is 0 Å². The van der Waals surface area contributed by atoms with Crippen LogP contribution in [0, 0.1) is 0 Å². The van der Waals surface area contributed by atoms with Crippen LogP contribution < -0.4 is 10.6 Å². The highest BCUT2D eigenvalue weighted by atomic mass is 32.2. The second kappa shape index (κ2) is 14.0. The Morgan fingerprint density at radius 1 is 0.500 bits per heavy atom. The van der Waals surface area contributed by atoms with Gasteiger partial charge < -0.3 is 10.6 Å². The van der Waals surface area contributed by atoms with Gasteiger partial charge in [0, 0.05) is 34.0 Å². The van der Waals surface area contributed by atoms with Crippen LogP contribution in [0.1, 0.15) is 88.2 Å². The molecule has 0 bridgehead atoms. The molecular weight excluding hydrogens is 619 g/mol. The third-order valence-corrected chi connectivity index (χ3v) is 11.7. The van der Waals surface area contributed by atoms with Gasteiger partial charge in [0.15, 0.2) is 10.3 Å². The highest BCUT2D eigenvalue weighted by molar-refractivity contribution is 8.15. The topological polar surface area (TPSA) is 48.8 Å². The Morgan fingerprint density at radius 2 is 0.841 bits per heavy atom. The number of benzene rings is 2. The Morgan fingerprint density at radius 3 is 1.16 bits per heavy atom. The van der Waals surface area contributed by atoms with Crippen LogP contribution >= 0.6 is 23.5 Å². The van der Waals surface area contributed by atoms with Crippen molar-refractivity contribution in [3.05, 3.63) is 59.7 Å². The Balaban J connectivity index is 0.000000175. The molecule has 2 aromatic carbocycles. The lowest BCUT2D eigenvalue weighted by Crippen LogP contribution is -2.35. The van der Waals surface area contributed by atoms with E-state index in [0.29, 0.717) is 11.4 Å². The van der Waals surface area contributed by atoms with Crippen LogP contribution in [0.2, 0.25) is 0 Å². The van der Waals surface area contributed by atoms with Gasteiger partial charge in [-0.05, 0) is 87.1 Å². The molecule has 2 aliphatic carbocycles. The normalized spacial score (nSPS) is 21.5. The summed E-state index contributed by atoms with van der Waals surface area (Å²) < 4.78 is 76.0. The maximum Gasteiger partial charge on any atom is 0.416 e. The summed E-state index contributed by atoms with van der Waals surface area (Å²) in [5, 5.41) is 8.03. The monoisotopic (exact) mass is 656 g/mol. The van der Waals surface area contributed by atoms with Crippen molar-refractivity contribution in [1.29, 1.82) is 0 Å². The zero-order chi connectivity index (χ0) is 31.3. The molecule has 6 rings (SSSR count). The SMILES string of the molecule is FC(F)(F)c1ccc(NC2=NCCC3(CCCCC3)S2)cc1.FC(F)(F)c1ccc(NC2=NCCC3(CCCCC3)S2)cc1. The van der Waals surface area contributed by atoms with Gasteiger partial charge in [-0.15, -0.1) is 0 Å². The maximum absolute atomic E-state index is 12.6. The molecule has 4 aliphatic rings. The molecule has 0 atom stereocenters. The van der Waals surface area contributed by atoms with Crippen LogP contribution in [0.15, 0.2) is 58.5 Å². The molecule has 240 valence electrons. The number of nitrogens with one attached hydrogen (secondary N) is 2. The van der Waals surface area contributed by atoms with Gasteiger partial charge in [-0.25, -0.2) is 0 Å². The van der Waals surface area contributed by atoms with E-state index in [0.717, 1.165) is 60.5 Å². The molecule has 0 amide bonds. The molecular formula is C32H38F6N4S2. The number of nitrogens with zero attached hydrogens (tertiary/aromatic N) is 2. The number of rotatable bonds is 2. The molecule has 0 radical (unpaired) electrons. The number of thioether (sulfide) groups is 2. The molecule has 12 heteroatoms. The van der Waals surface area contributed by atoms with E-state index < -0.39 is 23.5 Å². The standard InChI is InChI=1S/2C16H19F3N2S/c2*17-16(18,19)12-4-6-13(7-5-12)21-14-20-11-10-15(22-14)8-2-1-3-9-15/h2*4-7H,1-3,8-11H2,(H,20,21). The molecule has 0 unspecified atom stereocenters. The van der Waals surface area contributed by atoms with Crippen molar-refractivity contribution < 1.29 is 26.3 Å². The van der Waals surface area contributed by atoms with E-state index in [1.807, 2.05) is 0 Å². The van der Waals surface area contributed by atoms with Gasteiger partial charge in [0.25, 0.3) is 0 Å². The molecule has 2 aromatic rings. The largest absolute Gasteiger partial charge is 0.416 e. The van der Waals surface area contributed by atoms with Gasteiger partial charge in [-0.2, -0.15) is 26.3 Å². The van der Waals surface area contributed by atoms with Gasteiger partial charge in [0.2, 0.25) is 0 Å². The predicted octanol–water partition coefficient (Wildman–Crippen LogP) is 10.6. The van der Waals surface area contributed by atoms with Crippen LogP contribution in [0.25, 0.3) is 0 Å². The van der Waals surface area contributed by atoms with Gasteiger partial charge in [-0.3, -0.25) is 9.98 Å². The van der Waals surface area contributed by atoms with E-state index in [4.69, 9.17) is 0 Å². The van der Waals surface area contributed by atoms with E-state index >= 15 is 0 Å². The van der Waals surface area contributed by atoms with Crippen molar-refractivity contribution in [2.45, 2.75) is 98.9 Å². The summed E-state index contributed by atoms with van der Waals surface area (Å²) in [5.74, 6) is 0. The second-order valence-electron chi connectivity index (χ2n) is 12.0. The third kappa shape index (κ3) is 8.89. The first-order valence-corrected chi connectivity index (χ1v) is 16.9. The maximum atomic E-state index is 12.6. The lowest BCUT2D eigenvalue weighted by Gasteiger charge is -2.39. The molecule has 0 aromatic heterocycles. The molecule has 2 spiro atoms. The average Bonchev–Trinajstić information content (AvgIpc) is 2.98. The first kappa shape index (κ1) is 33.0. The number of aliphatic imine (C=N–C) groups is 2. The highest BCUT2D eigenvalue weighted by Gasteiger charge is 2.38. The number of amidine groups is 2. The third-order valence-electron chi connectivity index (χ3n) is 8.73. The lowest BCUT2D eigenvalue weighted by molar-refractivity contribution is -0.138. The number of hydrogen-bond donors (Lipinski definition) is 2. The fourth-order valence-corrected chi connectivity index (χ4v) is 9.10. The van der Waals surface area contributed by atoms with Crippen molar-refractivity contribution in [2.24, 2.45) is 9.98 Å². The first-order valence-electron chi connectivity index (χ1n) is 15.3. The van der Waals surface area contributed by atoms with Crippen molar-refractivity contribution in [2.75, 3.05) is 23.7 Å². The van der Waals surface area contributed by atoms with Crippen molar-refractivity contribution in [1.82, 2.24) is 0 Å². The molecule has 2 N–H and O–H groups in total. The quantitative estimate of drug-likeness (QED) is 0.316. The number of halogens is 6. The Bertz CT molecular complexity index is 1190. The Kier molecular flexibility index (Phi) is 10.5. The summed E-state index contributed by atoms with van der Waals surface area (Å²) in [6, 6.07) is 10.3. The molecule has 44 heavy (non-hydrogen) atoms. The lowest BCUT2D eigenvalue weighted by atomic mass is 9.86. The van der Waals surface area contributed by atoms with Crippen LogP contribution in [0.3, 0.4) is 0 Å². The molecule has 2 heterocycles. The first-order chi connectivity index (χ1) is 20.9. The zero-order valence-corrected chi connectivity index (χ0v) is 26.1. The summed E-state index contributed by atoms with van der Waals surface area (Å²) in [6.07, 6.45) is 6.16. The van der Waals surface area contributed by atoms with Gasteiger partial charge in [0.1, 0.15) is 0 Å². The second-order valence-corrected chi connectivity index (χ2v) is 14.9. The molecule has 2 saturated carbocycles. The van der Waals surface area contributed by atoms with Gasteiger partial charge in [0.05, 0.1) is 11.1 Å². The minimum Gasteiger partial charge on any atom is -0.335 e. The fraction of sp³-hybridized carbons (Fsp3) is 0.562. The van der Waals surface area contributed by atoms with Crippen LogP contribution in [-0.4, -0.2) is 32.9 Å². The number of alkyl halides is 6. The van der Waals surface area contributed by atoms with E-state index in [2.05, 4.69) is 20.6 Å². The zero-order valence-electron chi connectivity index (χ0n) is 24.5. The van der Waals surface area contributed by atoms with E-state index in [9.17, 15) is 26.3 Å². The minimum atomic E-state index is -4.29. The van der Waals surface area contributed by atoms with E-state index in [-0.39, 0.29) is 9.49 Å². The number of anilines is 2. The van der Waals surface area contributed by atoms with E-state index in [1.54, 1.807) is 23.5 Å². The summed E-state index contributed by atoms with van der Waals surface area (Å²) in [5.41, 5.74) is 0.0688. The Labute approximate surface area is 263 Å². The predicted molar refractivity (Wildman–Crippen MR) is 171 cm³/mol. The average molecular weight is 657 g/mol. The minimum absolute atomic E-state index is 0.286. The van der Waals surface area contributed by atoms with Gasteiger partial charge in [-0.1, -0.05) is 62.0 Å². The van der Waals surface area contributed by atoms with E-state index in [1.165, 1.54) is 88.5 Å². The number of hydrogen-bond acceptors (Lipinski definition) is 6. The van der Waals surface area contributed by atoms with Crippen LogP contribution in [0.4, 0.5) is 37.7 Å². The van der Waals surface area contributed by atoms with Gasteiger partial charge >= 0.3 is 12.4 Å².